The van der Waals surface area contributed by atoms with Crippen LogP contribution in [0, 0.1) is 5.41 Å². The minimum atomic E-state index is 0.0830. The van der Waals surface area contributed by atoms with E-state index < -0.39 is 0 Å². The van der Waals surface area contributed by atoms with E-state index in [4.69, 9.17) is 11.6 Å². The SMILES string of the molecule is Cn1cc(C(c2ccc(Cl)nc2)C(C)(C)C)c2ccccc21. The highest BCUT2D eigenvalue weighted by Gasteiger charge is 2.30. The van der Waals surface area contributed by atoms with Gasteiger partial charge in [-0.15, -0.1) is 0 Å². The lowest BCUT2D eigenvalue weighted by molar-refractivity contribution is 0.359. The van der Waals surface area contributed by atoms with Crippen LogP contribution in [0.5, 0.6) is 0 Å². The highest BCUT2D eigenvalue weighted by atomic mass is 35.5. The lowest BCUT2D eigenvalue weighted by atomic mass is 9.73. The summed E-state index contributed by atoms with van der Waals surface area (Å²) in [5, 5.41) is 1.84. The van der Waals surface area contributed by atoms with Crippen LogP contribution >= 0.6 is 11.6 Å². The average Bonchev–Trinajstić information content (AvgIpc) is 2.78. The summed E-state index contributed by atoms with van der Waals surface area (Å²) in [6, 6.07) is 12.5. The summed E-state index contributed by atoms with van der Waals surface area (Å²) in [5.41, 5.74) is 3.89. The van der Waals surface area contributed by atoms with Gasteiger partial charge in [-0.3, -0.25) is 0 Å². The third kappa shape index (κ3) is 2.64. The molecule has 1 atom stereocenters. The van der Waals surface area contributed by atoms with E-state index in [9.17, 15) is 0 Å². The maximum Gasteiger partial charge on any atom is 0.129 e. The lowest BCUT2D eigenvalue weighted by Gasteiger charge is -2.31. The molecule has 0 aliphatic rings. The van der Waals surface area contributed by atoms with Crippen LogP contribution in [0.3, 0.4) is 0 Å². The van der Waals surface area contributed by atoms with Crippen molar-refractivity contribution in [3.8, 4) is 0 Å². The van der Waals surface area contributed by atoms with Crippen LogP contribution in [0.25, 0.3) is 10.9 Å². The molecule has 0 radical (unpaired) electrons. The second kappa shape index (κ2) is 5.44. The van der Waals surface area contributed by atoms with Crippen LogP contribution in [0.4, 0.5) is 0 Å². The molecule has 3 aromatic rings. The number of fused-ring (bicyclic) bond motifs is 1. The second-order valence-corrected chi connectivity index (χ2v) is 7.31. The maximum absolute atomic E-state index is 5.96. The number of halogens is 1. The standard InChI is InChI=1S/C19H21ClN2/c1-19(2,3)18(13-9-10-17(20)21-11-13)15-12-22(4)16-8-6-5-7-14(15)16/h5-12,18H,1-4H3. The largest absolute Gasteiger partial charge is 0.350 e. The summed E-state index contributed by atoms with van der Waals surface area (Å²) >= 11 is 5.96. The molecule has 0 aliphatic carbocycles. The van der Waals surface area contributed by atoms with Crippen molar-refractivity contribution in [1.82, 2.24) is 9.55 Å². The van der Waals surface area contributed by atoms with Crippen LogP contribution < -0.4 is 0 Å². The van der Waals surface area contributed by atoms with Crippen molar-refractivity contribution >= 4 is 22.5 Å². The summed E-state index contributed by atoms with van der Waals surface area (Å²) in [7, 11) is 2.10. The number of aryl methyl sites for hydroxylation is 1. The van der Waals surface area contributed by atoms with Gasteiger partial charge < -0.3 is 4.57 Å². The zero-order chi connectivity index (χ0) is 15.9. The number of hydrogen-bond donors (Lipinski definition) is 0. The third-order valence-corrected chi connectivity index (χ3v) is 4.41. The van der Waals surface area contributed by atoms with Crippen LogP contribution in [-0.4, -0.2) is 9.55 Å². The fourth-order valence-corrected chi connectivity index (χ4v) is 3.42. The number of pyridine rings is 1. The molecule has 22 heavy (non-hydrogen) atoms. The molecule has 0 aliphatic heterocycles. The first kappa shape index (κ1) is 15.1. The van der Waals surface area contributed by atoms with Crippen LogP contribution in [0.15, 0.2) is 48.8 Å². The topological polar surface area (TPSA) is 17.8 Å². The van der Waals surface area contributed by atoms with Gasteiger partial charge >= 0.3 is 0 Å². The molecule has 3 heteroatoms. The number of para-hydroxylation sites is 1. The van der Waals surface area contributed by atoms with Gasteiger partial charge in [-0.1, -0.05) is 56.6 Å². The monoisotopic (exact) mass is 312 g/mol. The predicted molar refractivity (Wildman–Crippen MR) is 93.5 cm³/mol. The molecule has 0 amide bonds. The van der Waals surface area contributed by atoms with Crippen LogP contribution in [0.2, 0.25) is 5.15 Å². The first-order valence-electron chi connectivity index (χ1n) is 7.53. The van der Waals surface area contributed by atoms with E-state index in [1.165, 1.54) is 22.0 Å². The third-order valence-electron chi connectivity index (χ3n) is 4.19. The molecule has 2 nitrogen and oxygen atoms in total. The van der Waals surface area contributed by atoms with E-state index in [0.717, 1.165) is 0 Å². The molecular weight excluding hydrogens is 292 g/mol. The number of aromatic nitrogens is 2. The fourth-order valence-electron chi connectivity index (χ4n) is 3.31. The minimum absolute atomic E-state index is 0.0830. The molecule has 2 heterocycles. The highest BCUT2D eigenvalue weighted by molar-refractivity contribution is 6.29. The van der Waals surface area contributed by atoms with Crippen molar-refractivity contribution in [3.05, 3.63) is 65.1 Å². The van der Waals surface area contributed by atoms with E-state index in [2.05, 4.69) is 73.9 Å². The van der Waals surface area contributed by atoms with E-state index in [1.807, 2.05) is 12.3 Å². The number of nitrogens with zero attached hydrogens (tertiary/aromatic N) is 2. The fraction of sp³-hybridized carbons (Fsp3) is 0.316. The molecule has 0 N–H and O–H groups in total. The van der Waals surface area contributed by atoms with Gasteiger partial charge in [0.1, 0.15) is 5.15 Å². The van der Waals surface area contributed by atoms with Crippen molar-refractivity contribution in [2.75, 3.05) is 0 Å². The predicted octanol–water partition coefficient (Wildman–Crippen LogP) is 5.40. The summed E-state index contributed by atoms with van der Waals surface area (Å²) in [4.78, 5) is 4.28. The Balaban J connectivity index is 2.23. The zero-order valence-corrected chi connectivity index (χ0v) is 14.2. The van der Waals surface area contributed by atoms with E-state index in [0.29, 0.717) is 5.15 Å². The Hall–Kier alpha value is -1.80. The van der Waals surface area contributed by atoms with E-state index in [1.54, 1.807) is 0 Å². The zero-order valence-electron chi connectivity index (χ0n) is 13.5. The molecule has 1 unspecified atom stereocenters. The van der Waals surface area contributed by atoms with Gasteiger partial charge in [0.15, 0.2) is 0 Å². The summed E-state index contributed by atoms with van der Waals surface area (Å²) in [6.07, 6.45) is 4.15. The minimum Gasteiger partial charge on any atom is -0.350 e. The van der Waals surface area contributed by atoms with Gasteiger partial charge in [0.25, 0.3) is 0 Å². The number of benzene rings is 1. The normalized spacial score (nSPS) is 13.5. The molecular formula is C19H21ClN2. The summed E-state index contributed by atoms with van der Waals surface area (Å²) < 4.78 is 2.20. The first-order chi connectivity index (χ1) is 10.4. The van der Waals surface area contributed by atoms with Crippen molar-refractivity contribution in [3.63, 3.8) is 0 Å². The van der Waals surface area contributed by atoms with E-state index >= 15 is 0 Å². The Morgan fingerprint density at radius 1 is 1.09 bits per heavy atom. The Bertz CT molecular complexity index is 794. The Labute approximate surface area is 136 Å². The van der Waals surface area contributed by atoms with Crippen molar-refractivity contribution in [2.45, 2.75) is 26.7 Å². The van der Waals surface area contributed by atoms with Gasteiger partial charge in [-0.25, -0.2) is 4.98 Å². The molecule has 114 valence electrons. The molecule has 2 aromatic heterocycles. The molecule has 0 spiro atoms. The highest BCUT2D eigenvalue weighted by Crippen LogP contribution is 2.43. The van der Waals surface area contributed by atoms with Crippen LogP contribution in [-0.2, 0) is 7.05 Å². The Kier molecular flexibility index (Phi) is 3.73. The molecule has 0 saturated carbocycles. The number of hydrogen-bond acceptors (Lipinski definition) is 1. The van der Waals surface area contributed by atoms with Gasteiger partial charge in [-0.05, 0) is 28.7 Å². The van der Waals surface area contributed by atoms with E-state index in [-0.39, 0.29) is 11.3 Å². The van der Waals surface area contributed by atoms with Gasteiger partial charge in [0.2, 0.25) is 0 Å². The quantitative estimate of drug-likeness (QED) is 0.579. The molecule has 0 bridgehead atoms. The van der Waals surface area contributed by atoms with Gasteiger partial charge in [0.05, 0.1) is 0 Å². The molecule has 0 fully saturated rings. The van der Waals surface area contributed by atoms with Crippen molar-refractivity contribution in [1.29, 1.82) is 0 Å². The Morgan fingerprint density at radius 2 is 1.82 bits per heavy atom. The smallest absolute Gasteiger partial charge is 0.129 e. The second-order valence-electron chi connectivity index (χ2n) is 6.93. The molecule has 1 aromatic carbocycles. The van der Waals surface area contributed by atoms with Crippen molar-refractivity contribution < 1.29 is 0 Å². The van der Waals surface area contributed by atoms with Gasteiger partial charge in [0, 0.05) is 36.3 Å². The summed E-state index contributed by atoms with van der Waals surface area (Å²) in [6.45, 7) is 6.82. The first-order valence-corrected chi connectivity index (χ1v) is 7.91. The summed E-state index contributed by atoms with van der Waals surface area (Å²) in [5.74, 6) is 0.267. The average molecular weight is 313 g/mol. The van der Waals surface area contributed by atoms with Crippen molar-refractivity contribution in [2.24, 2.45) is 12.5 Å². The molecule has 3 rings (SSSR count). The van der Waals surface area contributed by atoms with Gasteiger partial charge in [-0.2, -0.15) is 0 Å². The maximum atomic E-state index is 5.96. The Morgan fingerprint density at radius 3 is 2.45 bits per heavy atom. The lowest BCUT2D eigenvalue weighted by Crippen LogP contribution is -2.19. The number of rotatable bonds is 2. The van der Waals surface area contributed by atoms with Crippen LogP contribution in [0.1, 0.15) is 37.8 Å². The molecule has 0 saturated heterocycles.